The van der Waals surface area contributed by atoms with Gasteiger partial charge in [0.1, 0.15) is 0 Å². The number of hydrogen-bond donors (Lipinski definition) is 0. The third-order valence-electron chi connectivity index (χ3n) is 1.14. The van der Waals surface area contributed by atoms with E-state index in [1.807, 2.05) is 0 Å². The summed E-state index contributed by atoms with van der Waals surface area (Å²) in [6.45, 7) is 2.68. The van der Waals surface area contributed by atoms with Gasteiger partial charge in [-0.1, -0.05) is 0 Å². The van der Waals surface area contributed by atoms with Crippen molar-refractivity contribution in [2.45, 2.75) is 27.7 Å². The van der Waals surface area contributed by atoms with Gasteiger partial charge in [-0.25, -0.2) is 0 Å². The lowest BCUT2D eigenvalue weighted by molar-refractivity contribution is -0.140. The minimum Gasteiger partial charge on any atom is -0.491 e. The van der Waals surface area contributed by atoms with Gasteiger partial charge in [-0.05, 0) is 0 Å². The van der Waals surface area contributed by atoms with E-state index in [4.69, 9.17) is 0 Å². The van der Waals surface area contributed by atoms with Gasteiger partial charge in [-0.2, -0.15) is 0 Å². The molecule has 0 atom stereocenters. The van der Waals surface area contributed by atoms with Crippen LogP contribution in [0.2, 0.25) is 0 Å². The number of carbonyl (C=O) groups is 4. The maximum absolute atomic E-state index is 10.8. The lowest BCUT2D eigenvalue weighted by Gasteiger charge is -2.18. The second-order valence-electron chi connectivity index (χ2n) is 2.98. The summed E-state index contributed by atoms with van der Waals surface area (Å²) in [7, 11) is -2.35. The van der Waals surface area contributed by atoms with Crippen molar-refractivity contribution < 1.29 is 37.5 Å². The summed E-state index contributed by atoms with van der Waals surface area (Å²) in [5.41, 5.74) is 0. The second kappa shape index (κ2) is 7.65. The Hall–Kier alpha value is -1.63. The summed E-state index contributed by atoms with van der Waals surface area (Å²) < 4.78 is 18.5. The summed E-state index contributed by atoms with van der Waals surface area (Å²) in [5, 5.41) is 0. The largest absolute Gasteiger partial charge is 0.715 e. The van der Waals surface area contributed by atoms with Crippen molar-refractivity contribution in [3.05, 3.63) is 0 Å². The first kappa shape index (κ1) is 16.4. The highest BCUT2D eigenvalue weighted by atomic mass is 31.2. The van der Waals surface area contributed by atoms with E-state index in [9.17, 15) is 19.2 Å². The lowest BCUT2D eigenvalue weighted by atomic mass is 10.3. The molecule has 0 spiro atoms. The van der Waals surface area contributed by atoms with Crippen LogP contribution in [0.5, 0.6) is 0 Å². The van der Waals surface area contributed by atoms with Crippen LogP contribution in [-0.2, 0) is 37.5 Å². The smallest absolute Gasteiger partial charge is 0.491 e. The van der Waals surface area contributed by atoms with Crippen LogP contribution in [0, 0.1) is 0 Å². The van der Waals surface area contributed by atoms with Crippen LogP contribution in [0.15, 0.2) is 0 Å². The quantitative estimate of drug-likeness (QED) is 0.529. The summed E-state index contributed by atoms with van der Waals surface area (Å²) >= 11 is 0. The van der Waals surface area contributed by atoms with Crippen LogP contribution in [0.3, 0.4) is 0 Å². The van der Waals surface area contributed by atoms with Gasteiger partial charge in [0.05, 0.1) is 0 Å². The second-order valence-corrected chi connectivity index (χ2v) is 4.33. The average molecular weight is 278 g/mol. The third kappa shape index (κ3) is 7.62. The maximum atomic E-state index is 10.8. The van der Waals surface area contributed by atoms with E-state index in [1.54, 1.807) is 0 Å². The molecule has 0 rings (SSSR count). The minimum atomic E-state index is -2.35. The van der Waals surface area contributed by atoms with Crippen molar-refractivity contribution in [3.8, 4) is 0 Å². The zero-order chi connectivity index (χ0) is 14.3. The molecule has 0 aromatic rings. The first-order chi connectivity index (χ1) is 8.22. The highest BCUT2D eigenvalue weighted by Crippen LogP contribution is 2.42. The van der Waals surface area contributed by atoms with Gasteiger partial charge >= 0.3 is 27.0 Å². The molecule has 0 aromatic carbocycles. The Morgan fingerprint density at radius 1 is 0.722 bits per heavy atom. The van der Waals surface area contributed by atoms with Crippen LogP contribution >= 0.6 is 8.25 Å². The molecule has 8 nitrogen and oxygen atoms in total. The fraction of sp³-hybridized carbons (Fsp3) is 0.500. The third-order valence-corrected chi connectivity index (χ3v) is 2.57. The van der Waals surface area contributed by atoms with E-state index in [-0.39, 0.29) is 0 Å². The van der Waals surface area contributed by atoms with Crippen LogP contribution < -0.4 is 0 Å². The Balaban J connectivity index is 4.90. The minimum absolute atomic E-state index is 0.772. The SMILES string of the molecule is CC(=O)OB(OC(C)=O)P(OC(C)=O)OC(C)=O. The molecule has 0 fully saturated rings. The summed E-state index contributed by atoms with van der Waals surface area (Å²) in [4.78, 5) is 43.3. The Labute approximate surface area is 105 Å². The van der Waals surface area contributed by atoms with Gasteiger partial charge in [-0.3, -0.25) is 19.2 Å². The zero-order valence-electron chi connectivity index (χ0n) is 10.3. The van der Waals surface area contributed by atoms with E-state index < -0.39 is 39.0 Å². The van der Waals surface area contributed by atoms with E-state index >= 15 is 0 Å². The summed E-state index contributed by atoms with van der Waals surface area (Å²) in [6.07, 6.45) is 0. The predicted molar refractivity (Wildman–Crippen MR) is 59.7 cm³/mol. The molecule has 18 heavy (non-hydrogen) atoms. The van der Waals surface area contributed by atoms with Crippen LogP contribution in [-0.4, -0.2) is 30.7 Å². The molecule has 0 N–H and O–H groups in total. The van der Waals surface area contributed by atoms with Crippen LogP contribution in [0.1, 0.15) is 27.7 Å². The Bertz CT molecular complexity index is 291. The predicted octanol–water partition coefficient (Wildman–Crippen LogP) is 0.536. The molecule has 0 saturated heterocycles. The molecule has 0 aliphatic rings. The Kier molecular flexibility index (Phi) is 6.96. The first-order valence-electron chi connectivity index (χ1n) is 4.73. The van der Waals surface area contributed by atoms with E-state index in [2.05, 4.69) is 18.4 Å². The number of hydrogen-bond acceptors (Lipinski definition) is 8. The van der Waals surface area contributed by atoms with Crippen molar-refractivity contribution >= 4 is 39.0 Å². The molecule has 0 amide bonds. The van der Waals surface area contributed by atoms with Gasteiger partial charge < -0.3 is 18.4 Å². The van der Waals surface area contributed by atoms with Crippen molar-refractivity contribution in [2.24, 2.45) is 0 Å². The lowest BCUT2D eigenvalue weighted by Crippen LogP contribution is -2.28. The Morgan fingerprint density at radius 2 is 1.06 bits per heavy atom. The molecule has 0 unspecified atom stereocenters. The van der Waals surface area contributed by atoms with E-state index in [0.29, 0.717) is 0 Å². The van der Waals surface area contributed by atoms with Crippen molar-refractivity contribution in [1.82, 2.24) is 0 Å². The van der Waals surface area contributed by atoms with E-state index in [1.165, 1.54) is 0 Å². The molecule has 0 radical (unpaired) electrons. The monoisotopic (exact) mass is 278 g/mol. The fourth-order valence-electron chi connectivity index (χ4n) is 0.752. The van der Waals surface area contributed by atoms with Crippen LogP contribution in [0.4, 0.5) is 0 Å². The summed E-state index contributed by atoms with van der Waals surface area (Å²) in [5.74, 6) is -3.11. The van der Waals surface area contributed by atoms with E-state index in [0.717, 1.165) is 27.7 Å². The number of carbonyl (C=O) groups excluding carboxylic acids is 4. The van der Waals surface area contributed by atoms with Gasteiger partial charge in [-0.15, -0.1) is 0 Å². The molecular formula is C8H12BO8P. The molecule has 0 heterocycles. The van der Waals surface area contributed by atoms with Crippen LogP contribution in [0.25, 0.3) is 0 Å². The molecule has 100 valence electrons. The van der Waals surface area contributed by atoms with Crippen molar-refractivity contribution in [2.75, 3.05) is 0 Å². The van der Waals surface area contributed by atoms with Gasteiger partial charge in [0, 0.05) is 27.7 Å². The molecule has 0 aromatic heterocycles. The molecular weight excluding hydrogens is 266 g/mol. The highest BCUT2D eigenvalue weighted by molar-refractivity contribution is 7.81. The fourth-order valence-corrected chi connectivity index (χ4v) is 1.94. The summed E-state index contributed by atoms with van der Waals surface area (Å²) in [6, 6.07) is 0. The van der Waals surface area contributed by atoms with Gasteiger partial charge in [0.25, 0.3) is 11.9 Å². The molecule has 0 saturated carbocycles. The van der Waals surface area contributed by atoms with Crippen molar-refractivity contribution in [3.63, 3.8) is 0 Å². The van der Waals surface area contributed by atoms with Gasteiger partial charge in [0.2, 0.25) is 0 Å². The Morgan fingerprint density at radius 3 is 1.28 bits per heavy atom. The van der Waals surface area contributed by atoms with Gasteiger partial charge in [0.15, 0.2) is 0 Å². The normalized spacial score (nSPS) is 9.39. The zero-order valence-corrected chi connectivity index (χ0v) is 11.2. The first-order valence-corrected chi connectivity index (χ1v) is 5.97. The maximum Gasteiger partial charge on any atom is 0.715 e. The topological polar surface area (TPSA) is 105 Å². The molecule has 0 bridgehead atoms. The molecule has 10 heteroatoms. The number of rotatable bonds is 5. The standard InChI is InChI=1S/C8H12BO8P/c1-5(10)14-9(15-6(2)11)18(16-7(3)12)17-8(4)13/h1-4H3. The molecule has 0 aliphatic heterocycles. The average Bonchev–Trinajstić information content (AvgIpc) is 2.12. The van der Waals surface area contributed by atoms with Crippen molar-refractivity contribution in [1.29, 1.82) is 0 Å². The highest BCUT2D eigenvalue weighted by Gasteiger charge is 2.45. The molecule has 0 aliphatic carbocycles.